The Hall–Kier alpha value is -1.34. The average molecular weight is 233 g/mol. The molecule has 0 heterocycles. The zero-order valence-electron chi connectivity index (χ0n) is 10.3. The molecule has 0 spiro atoms. The molecule has 1 aromatic rings. The molecule has 1 unspecified atom stereocenters. The van der Waals surface area contributed by atoms with E-state index in [0.29, 0.717) is 0 Å². The van der Waals surface area contributed by atoms with Gasteiger partial charge in [0.1, 0.15) is 6.61 Å². The Morgan fingerprint density at radius 3 is 2.41 bits per heavy atom. The van der Waals surface area contributed by atoms with E-state index in [1.54, 1.807) is 0 Å². The maximum Gasteiger partial charge on any atom is 0.104 e. The molecule has 3 nitrogen and oxygen atoms in total. The Morgan fingerprint density at radius 2 is 1.88 bits per heavy atom. The lowest BCUT2D eigenvalue weighted by atomic mass is 10.1. The number of nitrogens with zero attached hydrogens (tertiary/aromatic N) is 1. The maximum atomic E-state index is 9.04. The van der Waals surface area contributed by atoms with Crippen LogP contribution in [-0.2, 0) is 6.54 Å². The van der Waals surface area contributed by atoms with E-state index in [1.165, 1.54) is 5.56 Å². The second kappa shape index (κ2) is 7.08. The fourth-order valence-corrected chi connectivity index (χ4v) is 1.42. The Morgan fingerprint density at radius 1 is 1.24 bits per heavy atom. The van der Waals surface area contributed by atoms with Crippen LogP contribution in [0.1, 0.15) is 18.1 Å². The number of rotatable bonds is 4. The highest BCUT2D eigenvalue weighted by atomic mass is 16.3. The minimum atomic E-state index is -0.113. The molecule has 0 fully saturated rings. The molecule has 0 bridgehead atoms. The van der Waals surface area contributed by atoms with Gasteiger partial charge in [0.05, 0.1) is 6.61 Å². The Balaban J connectivity index is 2.62. The lowest BCUT2D eigenvalue weighted by Gasteiger charge is -2.22. The first-order valence-corrected chi connectivity index (χ1v) is 5.67. The van der Waals surface area contributed by atoms with E-state index in [9.17, 15) is 0 Å². The summed E-state index contributed by atoms with van der Waals surface area (Å²) in [5.74, 6) is 5.47. The summed E-state index contributed by atoms with van der Waals surface area (Å²) < 4.78 is 0. The van der Waals surface area contributed by atoms with E-state index >= 15 is 0 Å². The van der Waals surface area contributed by atoms with Gasteiger partial charge in [0, 0.05) is 18.2 Å². The zero-order chi connectivity index (χ0) is 12.7. The third-order valence-corrected chi connectivity index (χ3v) is 2.71. The van der Waals surface area contributed by atoms with Gasteiger partial charge in [0.2, 0.25) is 0 Å². The molecule has 0 aliphatic rings. The summed E-state index contributed by atoms with van der Waals surface area (Å²) in [5, 5.41) is 17.6. The standard InChI is InChI=1S/C14H19NO2/c1-12(11-17)15(2)10-14-7-5-13(6-8-14)4-3-9-16/h5-8,12,16-17H,9-11H2,1-2H3. The van der Waals surface area contributed by atoms with Crippen molar-refractivity contribution in [1.82, 2.24) is 4.90 Å². The van der Waals surface area contributed by atoms with Gasteiger partial charge < -0.3 is 10.2 Å². The van der Waals surface area contributed by atoms with Gasteiger partial charge in [-0.25, -0.2) is 0 Å². The Bertz CT molecular complexity index is 389. The number of hydrogen-bond acceptors (Lipinski definition) is 3. The highest BCUT2D eigenvalue weighted by Crippen LogP contribution is 2.07. The SMILES string of the molecule is CC(CO)N(C)Cc1ccc(C#CCO)cc1. The number of hydrogen-bond donors (Lipinski definition) is 2. The van der Waals surface area contributed by atoms with Gasteiger partial charge in [-0.3, -0.25) is 4.90 Å². The second-order valence-electron chi connectivity index (χ2n) is 4.10. The first kappa shape index (κ1) is 13.7. The highest BCUT2D eigenvalue weighted by molar-refractivity contribution is 5.36. The van der Waals surface area contributed by atoms with Gasteiger partial charge in [-0.15, -0.1) is 0 Å². The first-order valence-electron chi connectivity index (χ1n) is 5.67. The van der Waals surface area contributed by atoms with Gasteiger partial charge in [0.15, 0.2) is 0 Å². The molecule has 17 heavy (non-hydrogen) atoms. The molecule has 0 aliphatic heterocycles. The van der Waals surface area contributed by atoms with Crippen molar-refractivity contribution in [2.45, 2.75) is 19.5 Å². The summed E-state index contributed by atoms with van der Waals surface area (Å²) >= 11 is 0. The van der Waals surface area contributed by atoms with E-state index in [2.05, 4.69) is 16.7 Å². The summed E-state index contributed by atoms with van der Waals surface area (Å²) in [6.07, 6.45) is 0. The summed E-state index contributed by atoms with van der Waals surface area (Å²) in [5.41, 5.74) is 2.09. The van der Waals surface area contributed by atoms with Crippen LogP contribution in [0.15, 0.2) is 24.3 Å². The second-order valence-corrected chi connectivity index (χ2v) is 4.10. The first-order chi connectivity index (χ1) is 8.17. The van der Waals surface area contributed by atoms with Crippen LogP contribution in [0, 0.1) is 11.8 Å². The fourth-order valence-electron chi connectivity index (χ4n) is 1.42. The summed E-state index contributed by atoms with van der Waals surface area (Å²) in [6, 6.07) is 8.07. The van der Waals surface area contributed by atoms with E-state index in [1.807, 2.05) is 38.2 Å². The van der Waals surface area contributed by atoms with Crippen molar-refractivity contribution in [2.24, 2.45) is 0 Å². The van der Waals surface area contributed by atoms with Crippen LogP contribution in [-0.4, -0.2) is 41.4 Å². The highest BCUT2D eigenvalue weighted by Gasteiger charge is 2.07. The maximum absolute atomic E-state index is 9.04. The summed E-state index contributed by atoms with van der Waals surface area (Å²) in [4.78, 5) is 2.09. The predicted molar refractivity (Wildman–Crippen MR) is 68.4 cm³/mol. The Labute approximate surface area is 103 Å². The van der Waals surface area contributed by atoms with Gasteiger partial charge in [-0.2, -0.15) is 0 Å². The van der Waals surface area contributed by atoms with Crippen LogP contribution < -0.4 is 0 Å². The molecular formula is C14H19NO2. The molecule has 1 atom stereocenters. The van der Waals surface area contributed by atoms with Crippen LogP contribution in [0.3, 0.4) is 0 Å². The number of benzene rings is 1. The number of aliphatic hydroxyl groups is 2. The monoisotopic (exact) mass is 233 g/mol. The number of likely N-dealkylation sites (N-methyl/N-ethyl adjacent to an activating group) is 1. The molecule has 2 N–H and O–H groups in total. The molecule has 92 valence electrons. The van der Waals surface area contributed by atoms with Crippen molar-refractivity contribution in [3.05, 3.63) is 35.4 Å². The molecule has 1 aromatic carbocycles. The normalized spacial score (nSPS) is 12.1. The van der Waals surface area contributed by atoms with Gasteiger partial charge in [-0.05, 0) is 31.7 Å². The molecule has 0 aromatic heterocycles. The van der Waals surface area contributed by atoms with Gasteiger partial charge in [-0.1, -0.05) is 24.0 Å². The van der Waals surface area contributed by atoms with E-state index < -0.39 is 0 Å². The van der Waals surface area contributed by atoms with Crippen LogP contribution in [0.25, 0.3) is 0 Å². The summed E-state index contributed by atoms with van der Waals surface area (Å²) in [6.45, 7) is 2.84. The van der Waals surface area contributed by atoms with Crippen molar-refractivity contribution < 1.29 is 10.2 Å². The fraction of sp³-hybridized carbons (Fsp3) is 0.429. The zero-order valence-corrected chi connectivity index (χ0v) is 10.3. The van der Waals surface area contributed by atoms with Crippen LogP contribution >= 0.6 is 0 Å². The van der Waals surface area contributed by atoms with Gasteiger partial charge >= 0.3 is 0 Å². The van der Waals surface area contributed by atoms with Crippen molar-refractivity contribution in [1.29, 1.82) is 0 Å². The largest absolute Gasteiger partial charge is 0.395 e. The van der Waals surface area contributed by atoms with Crippen molar-refractivity contribution >= 4 is 0 Å². The minimum Gasteiger partial charge on any atom is -0.395 e. The van der Waals surface area contributed by atoms with E-state index in [-0.39, 0.29) is 19.3 Å². The van der Waals surface area contributed by atoms with Crippen LogP contribution in [0.5, 0.6) is 0 Å². The van der Waals surface area contributed by atoms with Gasteiger partial charge in [0.25, 0.3) is 0 Å². The predicted octanol–water partition coefficient (Wildman–Crippen LogP) is 0.843. The Kier molecular flexibility index (Phi) is 5.71. The molecule has 1 rings (SSSR count). The molecule has 0 saturated heterocycles. The third-order valence-electron chi connectivity index (χ3n) is 2.71. The van der Waals surface area contributed by atoms with Crippen molar-refractivity contribution in [2.75, 3.05) is 20.3 Å². The van der Waals surface area contributed by atoms with Crippen molar-refractivity contribution in [3.63, 3.8) is 0 Å². The number of aliphatic hydroxyl groups excluding tert-OH is 2. The molecular weight excluding hydrogens is 214 g/mol. The smallest absolute Gasteiger partial charge is 0.104 e. The van der Waals surface area contributed by atoms with E-state index in [0.717, 1.165) is 12.1 Å². The molecule has 3 heteroatoms. The summed E-state index contributed by atoms with van der Waals surface area (Å²) in [7, 11) is 1.99. The van der Waals surface area contributed by atoms with Crippen molar-refractivity contribution in [3.8, 4) is 11.8 Å². The average Bonchev–Trinajstić information content (AvgIpc) is 2.37. The molecule has 0 amide bonds. The third kappa shape index (κ3) is 4.58. The molecule has 0 aliphatic carbocycles. The lowest BCUT2D eigenvalue weighted by molar-refractivity contribution is 0.154. The lowest BCUT2D eigenvalue weighted by Crippen LogP contribution is -2.31. The van der Waals surface area contributed by atoms with Crippen LogP contribution in [0.2, 0.25) is 0 Å². The quantitative estimate of drug-likeness (QED) is 0.758. The van der Waals surface area contributed by atoms with Crippen LogP contribution in [0.4, 0.5) is 0 Å². The minimum absolute atomic E-state index is 0.113. The topological polar surface area (TPSA) is 43.7 Å². The van der Waals surface area contributed by atoms with E-state index in [4.69, 9.17) is 10.2 Å². The molecule has 0 saturated carbocycles. The molecule has 0 radical (unpaired) electrons.